The van der Waals surface area contributed by atoms with Crippen molar-refractivity contribution in [2.24, 2.45) is 11.8 Å². The number of hydrogen-bond acceptors (Lipinski definition) is 1. The van der Waals surface area contributed by atoms with Crippen LogP contribution in [0.3, 0.4) is 0 Å². The van der Waals surface area contributed by atoms with E-state index in [9.17, 15) is 4.79 Å². The number of rotatable bonds is 0. The van der Waals surface area contributed by atoms with Crippen molar-refractivity contribution < 1.29 is 4.79 Å². The molecule has 62 valence electrons. The van der Waals surface area contributed by atoms with Crippen LogP contribution in [-0.2, 0) is 4.79 Å². The van der Waals surface area contributed by atoms with Crippen LogP contribution in [0.1, 0.15) is 32.6 Å². The van der Waals surface area contributed by atoms with Gasteiger partial charge in [0.1, 0.15) is 0 Å². The van der Waals surface area contributed by atoms with Crippen LogP contribution in [-0.4, -0.2) is 11.9 Å². The van der Waals surface area contributed by atoms with Gasteiger partial charge in [-0.2, -0.15) is 0 Å². The molecule has 3 atom stereocenters. The first-order valence-electron chi connectivity index (χ1n) is 4.57. The van der Waals surface area contributed by atoms with Crippen molar-refractivity contribution >= 4 is 5.91 Å². The number of nitrogens with one attached hydrogen (secondary N) is 1. The molecular formula is C9H15NO. The van der Waals surface area contributed by atoms with Crippen LogP contribution < -0.4 is 5.32 Å². The van der Waals surface area contributed by atoms with Gasteiger partial charge in [-0.05, 0) is 24.7 Å². The lowest BCUT2D eigenvalue weighted by Gasteiger charge is -2.31. The molecule has 1 heterocycles. The molecule has 1 amide bonds. The van der Waals surface area contributed by atoms with Gasteiger partial charge in [-0.25, -0.2) is 0 Å². The highest BCUT2D eigenvalue weighted by Gasteiger charge is 2.36. The maximum absolute atomic E-state index is 11.1. The Balaban J connectivity index is 2.10. The standard InChI is InChI=1S/C9H15NO/c1-6-5-9(11)10-8-4-2-3-7(6)8/h6-8H,2-5H2,1H3,(H,10,11)/t6-,7-,8-/m1/s1. The number of carbonyl (C=O) groups is 1. The molecule has 0 aromatic heterocycles. The molecule has 0 spiro atoms. The van der Waals surface area contributed by atoms with Crippen molar-refractivity contribution in [1.29, 1.82) is 0 Å². The van der Waals surface area contributed by atoms with Gasteiger partial charge in [0, 0.05) is 12.5 Å². The summed E-state index contributed by atoms with van der Waals surface area (Å²) >= 11 is 0. The van der Waals surface area contributed by atoms with E-state index in [1.54, 1.807) is 0 Å². The van der Waals surface area contributed by atoms with Crippen molar-refractivity contribution in [2.75, 3.05) is 0 Å². The summed E-state index contributed by atoms with van der Waals surface area (Å²) in [5.74, 6) is 1.67. The molecule has 1 saturated heterocycles. The summed E-state index contributed by atoms with van der Waals surface area (Å²) in [5, 5.41) is 3.07. The summed E-state index contributed by atoms with van der Waals surface area (Å²) in [7, 11) is 0. The largest absolute Gasteiger partial charge is 0.353 e. The van der Waals surface area contributed by atoms with Crippen LogP contribution in [0, 0.1) is 11.8 Å². The molecule has 0 aromatic rings. The zero-order valence-corrected chi connectivity index (χ0v) is 6.97. The summed E-state index contributed by atoms with van der Waals surface area (Å²) in [4.78, 5) is 11.1. The molecule has 1 aliphatic heterocycles. The molecular weight excluding hydrogens is 138 g/mol. The third-order valence-electron chi connectivity index (χ3n) is 3.15. The number of piperidine rings is 1. The summed E-state index contributed by atoms with van der Waals surface area (Å²) in [5.41, 5.74) is 0. The average Bonchev–Trinajstić information content (AvgIpc) is 2.34. The van der Waals surface area contributed by atoms with Crippen molar-refractivity contribution in [3.8, 4) is 0 Å². The van der Waals surface area contributed by atoms with Crippen molar-refractivity contribution in [3.63, 3.8) is 0 Å². The van der Waals surface area contributed by atoms with Crippen molar-refractivity contribution in [3.05, 3.63) is 0 Å². The summed E-state index contributed by atoms with van der Waals surface area (Å²) in [6, 6.07) is 0.520. The van der Waals surface area contributed by atoms with E-state index in [-0.39, 0.29) is 5.91 Å². The highest BCUT2D eigenvalue weighted by atomic mass is 16.1. The molecule has 1 saturated carbocycles. The van der Waals surface area contributed by atoms with Gasteiger partial charge < -0.3 is 5.32 Å². The zero-order chi connectivity index (χ0) is 7.84. The lowest BCUT2D eigenvalue weighted by molar-refractivity contribution is -0.125. The number of carbonyl (C=O) groups excluding carboxylic acids is 1. The molecule has 2 nitrogen and oxygen atoms in total. The normalized spacial score (nSPS) is 43.4. The Morgan fingerprint density at radius 1 is 1.45 bits per heavy atom. The molecule has 2 fully saturated rings. The van der Waals surface area contributed by atoms with Gasteiger partial charge in [-0.1, -0.05) is 13.3 Å². The van der Waals surface area contributed by atoms with Crippen LogP contribution in [0.4, 0.5) is 0 Å². The third-order valence-corrected chi connectivity index (χ3v) is 3.15. The van der Waals surface area contributed by atoms with Gasteiger partial charge in [0.25, 0.3) is 0 Å². The maximum atomic E-state index is 11.1. The van der Waals surface area contributed by atoms with Gasteiger partial charge in [-0.3, -0.25) is 4.79 Å². The second-order valence-corrected chi connectivity index (χ2v) is 3.95. The predicted molar refractivity (Wildman–Crippen MR) is 43.1 cm³/mol. The van der Waals surface area contributed by atoms with E-state index in [1.165, 1.54) is 19.3 Å². The Kier molecular flexibility index (Phi) is 1.63. The SMILES string of the molecule is C[C@@H]1CC(=O)N[C@@H]2CCC[C@H]12. The Morgan fingerprint density at radius 3 is 3.09 bits per heavy atom. The lowest BCUT2D eigenvalue weighted by atomic mass is 9.84. The Labute approximate surface area is 67.4 Å². The Hall–Kier alpha value is -0.530. The Morgan fingerprint density at radius 2 is 2.27 bits per heavy atom. The van der Waals surface area contributed by atoms with Crippen LogP contribution in [0.2, 0.25) is 0 Å². The first-order valence-corrected chi connectivity index (χ1v) is 4.57. The fourth-order valence-electron chi connectivity index (χ4n) is 2.56. The van der Waals surface area contributed by atoms with Gasteiger partial charge in [0.2, 0.25) is 5.91 Å². The molecule has 2 aliphatic rings. The predicted octanol–water partition coefficient (Wildman–Crippen LogP) is 1.31. The molecule has 1 aliphatic carbocycles. The number of hydrogen-bond donors (Lipinski definition) is 1. The molecule has 1 N–H and O–H groups in total. The molecule has 0 radical (unpaired) electrons. The first-order chi connectivity index (χ1) is 5.27. The van der Waals surface area contributed by atoms with Crippen LogP contribution in [0.5, 0.6) is 0 Å². The van der Waals surface area contributed by atoms with E-state index in [1.807, 2.05) is 0 Å². The molecule has 11 heavy (non-hydrogen) atoms. The van der Waals surface area contributed by atoms with Crippen LogP contribution in [0.25, 0.3) is 0 Å². The molecule has 2 rings (SSSR count). The quantitative estimate of drug-likeness (QED) is 0.558. The minimum absolute atomic E-state index is 0.264. The van der Waals surface area contributed by atoms with Crippen molar-refractivity contribution in [2.45, 2.75) is 38.6 Å². The van der Waals surface area contributed by atoms with Crippen LogP contribution >= 0.6 is 0 Å². The second-order valence-electron chi connectivity index (χ2n) is 3.95. The monoisotopic (exact) mass is 153 g/mol. The molecule has 0 bridgehead atoms. The van der Waals surface area contributed by atoms with E-state index >= 15 is 0 Å². The van der Waals surface area contributed by atoms with Crippen LogP contribution in [0.15, 0.2) is 0 Å². The fraction of sp³-hybridized carbons (Fsp3) is 0.889. The molecule has 0 aromatic carbocycles. The van der Waals surface area contributed by atoms with E-state index in [0.29, 0.717) is 12.0 Å². The van der Waals surface area contributed by atoms with Gasteiger partial charge in [0.05, 0.1) is 0 Å². The zero-order valence-electron chi connectivity index (χ0n) is 6.97. The summed E-state index contributed by atoms with van der Waals surface area (Å²) < 4.78 is 0. The lowest BCUT2D eigenvalue weighted by Crippen LogP contribution is -2.45. The maximum Gasteiger partial charge on any atom is 0.220 e. The molecule has 2 heteroatoms. The average molecular weight is 153 g/mol. The minimum Gasteiger partial charge on any atom is -0.353 e. The first kappa shape index (κ1) is 7.14. The third kappa shape index (κ3) is 1.15. The summed E-state index contributed by atoms with van der Waals surface area (Å²) in [6.07, 6.45) is 4.59. The smallest absolute Gasteiger partial charge is 0.220 e. The number of fused-ring (bicyclic) bond motifs is 1. The second kappa shape index (κ2) is 2.50. The minimum atomic E-state index is 0.264. The Bertz CT molecular complexity index is 178. The highest BCUT2D eigenvalue weighted by molar-refractivity contribution is 5.77. The summed E-state index contributed by atoms with van der Waals surface area (Å²) in [6.45, 7) is 2.21. The van der Waals surface area contributed by atoms with Gasteiger partial charge in [0.15, 0.2) is 0 Å². The van der Waals surface area contributed by atoms with E-state index in [2.05, 4.69) is 12.2 Å². The molecule has 0 unspecified atom stereocenters. The van der Waals surface area contributed by atoms with E-state index in [0.717, 1.165) is 12.3 Å². The van der Waals surface area contributed by atoms with E-state index in [4.69, 9.17) is 0 Å². The highest BCUT2D eigenvalue weighted by Crippen LogP contribution is 2.35. The van der Waals surface area contributed by atoms with Gasteiger partial charge >= 0.3 is 0 Å². The van der Waals surface area contributed by atoms with Gasteiger partial charge in [-0.15, -0.1) is 0 Å². The topological polar surface area (TPSA) is 29.1 Å². The van der Waals surface area contributed by atoms with E-state index < -0.39 is 0 Å². The fourth-order valence-corrected chi connectivity index (χ4v) is 2.56. The number of amides is 1. The van der Waals surface area contributed by atoms with Crippen molar-refractivity contribution in [1.82, 2.24) is 5.32 Å².